The normalized spacial score (nSPS) is 20.3. The Morgan fingerprint density at radius 3 is 1.61 bits per heavy atom. The summed E-state index contributed by atoms with van der Waals surface area (Å²) in [6.07, 6.45) is -12.1. The van der Waals surface area contributed by atoms with Gasteiger partial charge in [-0.25, -0.2) is 4.39 Å². The first kappa shape index (κ1) is 17.5. The lowest BCUT2D eigenvalue weighted by Gasteiger charge is -2.39. The van der Waals surface area contributed by atoms with Gasteiger partial charge in [0.25, 0.3) is 5.67 Å². The zero-order valence-corrected chi connectivity index (χ0v) is 10.7. The van der Waals surface area contributed by atoms with E-state index in [2.05, 4.69) is 4.74 Å². The van der Waals surface area contributed by atoms with Crippen LogP contribution in [0.3, 0.4) is 0 Å². The standard InChI is InChI=1S/C11H18F6O/c1-5-7(3)9(12,10(13,14)15)11(16,17)18-8(4)6-2/h7-8H,5-6H2,1-4H3. The van der Waals surface area contributed by atoms with Crippen molar-refractivity contribution in [1.82, 2.24) is 0 Å². The zero-order valence-electron chi connectivity index (χ0n) is 10.7. The Morgan fingerprint density at radius 2 is 1.33 bits per heavy atom. The maximum Gasteiger partial charge on any atom is 0.431 e. The van der Waals surface area contributed by atoms with Crippen molar-refractivity contribution in [3.63, 3.8) is 0 Å². The third-order valence-corrected chi connectivity index (χ3v) is 3.05. The number of hydrogen-bond acceptors (Lipinski definition) is 1. The summed E-state index contributed by atoms with van der Waals surface area (Å²) in [5.41, 5.74) is -4.68. The van der Waals surface area contributed by atoms with Gasteiger partial charge in [-0.1, -0.05) is 20.8 Å². The summed E-state index contributed by atoms with van der Waals surface area (Å²) in [6, 6.07) is 0. The Balaban J connectivity index is 5.45. The van der Waals surface area contributed by atoms with Gasteiger partial charge in [-0.05, 0) is 19.8 Å². The monoisotopic (exact) mass is 280 g/mol. The van der Waals surface area contributed by atoms with Crippen molar-refractivity contribution in [3.05, 3.63) is 0 Å². The fourth-order valence-electron chi connectivity index (χ4n) is 1.43. The second-order valence-electron chi connectivity index (χ2n) is 4.37. The summed E-state index contributed by atoms with van der Waals surface area (Å²) in [5, 5.41) is 0. The largest absolute Gasteiger partial charge is 0.431 e. The number of rotatable bonds is 6. The Morgan fingerprint density at radius 1 is 0.889 bits per heavy atom. The summed E-state index contributed by atoms with van der Waals surface area (Å²) in [7, 11) is 0. The van der Waals surface area contributed by atoms with Crippen LogP contribution >= 0.6 is 0 Å². The third kappa shape index (κ3) is 3.10. The van der Waals surface area contributed by atoms with Gasteiger partial charge in [-0.2, -0.15) is 22.0 Å². The minimum Gasteiger partial charge on any atom is -0.315 e. The maximum absolute atomic E-state index is 14.0. The van der Waals surface area contributed by atoms with Crippen molar-refractivity contribution in [3.8, 4) is 0 Å². The molecule has 0 heterocycles. The van der Waals surface area contributed by atoms with Crippen molar-refractivity contribution >= 4 is 0 Å². The van der Waals surface area contributed by atoms with Crippen LogP contribution in [-0.2, 0) is 4.74 Å². The first-order valence-corrected chi connectivity index (χ1v) is 5.75. The lowest BCUT2D eigenvalue weighted by atomic mass is 9.86. The number of ether oxygens (including phenoxy) is 1. The molecule has 3 unspecified atom stereocenters. The van der Waals surface area contributed by atoms with Crippen molar-refractivity contribution < 1.29 is 31.1 Å². The summed E-state index contributed by atoms with van der Waals surface area (Å²) < 4.78 is 83.0. The van der Waals surface area contributed by atoms with Crippen LogP contribution < -0.4 is 0 Å². The summed E-state index contributed by atoms with van der Waals surface area (Å²) >= 11 is 0. The van der Waals surface area contributed by atoms with Crippen LogP contribution in [0.25, 0.3) is 0 Å². The fraction of sp³-hybridized carbons (Fsp3) is 1.00. The van der Waals surface area contributed by atoms with Crippen LogP contribution in [-0.4, -0.2) is 24.1 Å². The first-order chi connectivity index (χ1) is 7.94. The number of hydrogen-bond donors (Lipinski definition) is 0. The molecule has 0 bridgehead atoms. The Labute approximate surface area is 102 Å². The highest BCUT2D eigenvalue weighted by atomic mass is 19.4. The lowest BCUT2D eigenvalue weighted by molar-refractivity contribution is -0.403. The molecule has 1 nitrogen and oxygen atoms in total. The quantitative estimate of drug-likeness (QED) is 0.640. The average Bonchev–Trinajstić information content (AvgIpc) is 2.24. The molecule has 0 aromatic carbocycles. The molecule has 110 valence electrons. The van der Waals surface area contributed by atoms with E-state index in [-0.39, 0.29) is 12.8 Å². The van der Waals surface area contributed by atoms with Gasteiger partial charge in [0.1, 0.15) is 0 Å². The number of alkyl halides is 6. The molecule has 18 heavy (non-hydrogen) atoms. The van der Waals surface area contributed by atoms with Crippen molar-refractivity contribution in [2.75, 3.05) is 0 Å². The Kier molecular flexibility index (Phi) is 5.53. The molecule has 7 heteroatoms. The molecule has 0 aliphatic rings. The smallest absolute Gasteiger partial charge is 0.315 e. The predicted molar refractivity (Wildman–Crippen MR) is 55.1 cm³/mol. The molecule has 0 saturated carbocycles. The van der Waals surface area contributed by atoms with Crippen molar-refractivity contribution in [2.24, 2.45) is 5.92 Å². The van der Waals surface area contributed by atoms with Gasteiger partial charge < -0.3 is 4.74 Å². The van der Waals surface area contributed by atoms with E-state index < -0.39 is 30.0 Å². The summed E-state index contributed by atoms with van der Waals surface area (Å²) in [6.45, 7) is 4.63. The van der Waals surface area contributed by atoms with Crippen LogP contribution in [0.1, 0.15) is 40.5 Å². The van der Waals surface area contributed by atoms with Crippen LogP contribution in [0.15, 0.2) is 0 Å². The molecule has 0 aromatic rings. The zero-order chi connectivity index (χ0) is 14.8. The van der Waals surface area contributed by atoms with Crippen molar-refractivity contribution in [2.45, 2.75) is 64.6 Å². The molecule has 0 rings (SSSR count). The molecule has 0 N–H and O–H groups in total. The number of halogens is 6. The molecular formula is C11H18F6O. The molecule has 0 aromatic heterocycles. The van der Waals surface area contributed by atoms with Crippen molar-refractivity contribution in [1.29, 1.82) is 0 Å². The minimum atomic E-state index is -5.70. The van der Waals surface area contributed by atoms with E-state index in [0.717, 1.165) is 6.92 Å². The van der Waals surface area contributed by atoms with Gasteiger partial charge in [-0.15, -0.1) is 0 Å². The summed E-state index contributed by atoms with van der Waals surface area (Å²) in [5.74, 6) is -1.91. The Hall–Kier alpha value is -0.460. The molecule has 0 aliphatic heterocycles. The SMILES string of the molecule is CCC(C)OC(F)(F)C(F)(C(C)CC)C(F)(F)F. The topological polar surface area (TPSA) is 9.23 Å². The Bertz CT molecular complexity index is 265. The van der Waals surface area contributed by atoms with E-state index in [9.17, 15) is 26.3 Å². The van der Waals surface area contributed by atoms with Gasteiger partial charge in [0.05, 0.1) is 6.10 Å². The first-order valence-electron chi connectivity index (χ1n) is 5.75. The minimum absolute atomic E-state index is 0.0596. The van der Waals surface area contributed by atoms with E-state index in [0.29, 0.717) is 0 Å². The third-order valence-electron chi connectivity index (χ3n) is 3.05. The molecule has 0 fully saturated rings. The van der Waals surface area contributed by atoms with Crippen LogP contribution in [0.2, 0.25) is 0 Å². The average molecular weight is 280 g/mol. The van der Waals surface area contributed by atoms with Gasteiger partial charge in [0.15, 0.2) is 0 Å². The van der Waals surface area contributed by atoms with Gasteiger partial charge in [-0.3, -0.25) is 0 Å². The van der Waals surface area contributed by atoms with Crippen LogP contribution in [0, 0.1) is 5.92 Å². The molecular weight excluding hydrogens is 262 g/mol. The second kappa shape index (κ2) is 5.67. The van der Waals surface area contributed by atoms with E-state index in [1.807, 2.05) is 0 Å². The van der Waals surface area contributed by atoms with Gasteiger partial charge in [0, 0.05) is 5.92 Å². The fourth-order valence-corrected chi connectivity index (χ4v) is 1.43. The predicted octanol–water partition coefficient (Wildman–Crippen LogP) is 4.71. The lowest BCUT2D eigenvalue weighted by Crippen LogP contribution is -2.61. The van der Waals surface area contributed by atoms with Crippen LogP contribution in [0.5, 0.6) is 0 Å². The highest BCUT2D eigenvalue weighted by Crippen LogP contribution is 2.51. The highest BCUT2D eigenvalue weighted by Gasteiger charge is 2.74. The molecule has 0 spiro atoms. The molecule has 0 amide bonds. The highest BCUT2D eigenvalue weighted by molar-refractivity contribution is 4.99. The molecule has 0 aliphatic carbocycles. The van der Waals surface area contributed by atoms with Gasteiger partial charge in [0.2, 0.25) is 0 Å². The van der Waals surface area contributed by atoms with E-state index in [1.54, 1.807) is 0 Å². The van der Waals surface area contributed by atoms with Gasteiger partial charge >= 0.3 is 12.3 Å². The maximum atomic E-state index is 14.0. The van der Waals surface area contributed by atoms with E-state index >= 15 is 0 Å². The second-order valence-corrected chi connectivity index (χ2v) is 4.37. The van der Waals surface area contributed by atoms with E-state index in [4.69, 9.17) is 0 Å². The summed E-state index contributed by atoms with van der Waals surface area (Å²) in [4.78, 5) is 0. The molecule has 0 radical (unpaired) electrons. The molecule has 3 atom stereocenters. The van der Waals surface area contributed by atoms with Crippen LogP contribution in [0.4, 0.5) is 26.3 Å². The molecule has 0 saturated heterocycles. The van der Waals surface area contributed by atoms with E-state index in [1.165, 1.54) is 20.8 Å².